The zero-order valence-electron chi connectivity index (χ0n) is 23.7. The van der Waals surface area contributed by atoms with Gasteiger partial charge in [0.15, 0.2) is 0 Å². The number of nitrogens with one attached hydrogen (secondary N) is 1. The highest BCUT2D eigenvalue weighted by Crippen LogP contribution is 2.28. The number of aryl methyl sites for hydroxylation is 1. The van der Waals surface area contributed by atoms with Crippen molar-refractivity contribution in [3.8, 4) is 0 Å². The van der Waals surface area contributed by atoms with E-state index in [1.54, 1.807) is 36.4 Å². The first-order valence-electron chi connectivity index (χ1n) is 13.3. The van der Waals surface area contributed by atoms with E-state index in [0.29, 0.717) is 17.9 Å². The molecule has 0 heterocycles. The van der Waals surface area contributed by atoms with Gasteiger partial charge in [-0.25, -0.2) is 8.42 Å². The molecule has 1 N–H and O–H groups in total. The Morgan fingerprint density at radius 2 is 1.55 bits per heavy atom. The van der Waals surface area contributed by atoms with Crippen LogP contribution in [0, 0.1) is 6.92 Å². The van der Waals surface area contributed by atoms with E-state index >= 15 is 0 Å². The standard InChI is InChI=1S/C31H38ClN3O4S/c1-6-28(30(37)33-31(3,4)5)34(20-19-24-13-9-7-10-14-24)29(36)22-35(25-18-17-23(2)27(32)21-25)40(38,39)26-15-11-8-12-16-26/h7-18,21,28H,6,19-20,22H2,1-5H3,(H,33,37). The molecule has 1 unspecified atom stereocenters. The van der Waals surface area contributed by atoms with Crippen molar-refractivity contribution >= 4 is 39.1 Å². The van der Waals surface area contributed by atoms with Crippen LogP contribution in [0.15, 0.2) is 83.8 Å². The van der Waals surface area contributed by atoms with Gasteiger partial charge in [0, 0.05) is 17.1 Å². The number of anilines is 1. The molecular weight excluding hydrogens is 546 g/mol. The zero-order chi connectivity index (χ0) is 29.5. The Kier molecular flexibility index (Phi) is 10.4. The SMILES string of the molecule is CCC(C(=O)NC(C)(C)C)N(CCc1ccccc1)C(=O)CN(c1ccc(C)c(Cl)c1)S(=O)(=O)c1ccccc1. The van der Waals surface area contributed by atoms with Crippen molar-refractivity contribution in [2.75, 3.05) is 17.4 Å². The van der Waals surface area contributed by atoms with Crippen molar-refractivity contribution in [3.63, 3.8) is 0 Å². The average molecular weight is 584 g/mol. The second-order valence-electron chi connectivity index (χ2n) is 10.7. The molecule has 0 saturated carbocycles. The summed E-state index contributed by atoms with van der Waals surface area (Å²) in [6, 6.07) is 21.7. The van der Waals surface area contributed by atoms with Crippen LogP contribution in [0.1, 0.15) is 45.2 Å². The smallest absolute Gasteiger partial charge is 0.264 e. The third-order valence-electron chi connectivity index (χ3n) is 6.42. The third-order valence-corrected chi connectivity index (χ3v) is 8.62. The second kappa shape index (κ2) is 13.3. The number of halogens is 1. The summed E-state index contributed by atoms with van der Waals surface area (Å²) in [5, 5.41) is 3.36. The van der Waals surface area contributed by atoms with E-state index in [1.807, 2.05) is 65.0 Å². The van der Waals surface area contributed by atoms with Crippen LogP contribution in [-0.4, -0.2) is 49.8 Å². The van der Waals surface area contributed by atoms with Gasteiger partial charge < -0.3 is 10.2 Å². The molecule has 0 aliphatic heterocycles. The first-order valence-corrected chi connectivity index (χ1v) is 15.1. The van der Waals surface area contributed by atoms with E-state index in [2.05, 4.69) is 5.32 Å². The number of sulfonamides is 1. The highest BCUT2D eigenvalue weighted by molar-refractivity contribution is 7.92. The highest BCUT2D eigenvalue weighted by Gasteiger charge is 2.34. The minimum Gasteiger partial charge on any atom is -0.350 e. The third kappa shape index (κ3) is 8.08. The first kappa shape index (κ1) is 31.2. The number of benzene rings is 3. The Balaban J connectivity index is 2.03. The summed E-state index contributed by atoms with van der Waals surface area (Å²) < 4.78 is 28.8. The largest absolute Gasteiger partial charge is 0.350 e. The fourth-order valence-corrected chi connectivity index (χ4v) is 5.94. The van der Waals surface area contributed by atoms with E-state index in [4.69, 9.17) is 11.6 Å². The van der Waals surface area contributed by atoms with Crippen LogP contribution in [0.5, 0.6) is 0 Å². The number of nitrogens with zero attached hydrogens (tertiary/aromatic N) is 2. The van der Waals surface area contributed by atoms with Crippen LogP contribution in [-0.2, 0) is 26.0 Å². The number of carbonyl (C=O) groups excluding carboxylic acids is 2. The maximum Gasteiger partial charge on any atom is 0.264 e. The minimum absolute atomic E-state index is 0.0489. The van der Waals surface area contributed by atoms with Crippen LogP contribution >= 0.6 is 11.6 Å². The monoisotopic (exact) mass is 583 g/mol. The Hall–Kier alpha value is -3.36. The topological polar surface area (TPSA) is 86.8 Å². The van der Waals surface area contributed by atoms with Crippen molar-refractivity contribution in [1.29, 1.82) is 0 Å². The molecule has 7 nitrogen and oxygen atoms in total. The lowest BCUT2D eigenvalue weighted by atomic mass is 10.1. The molecular formula is C31H38ClN3O4S. The summed E-state index contributed by atoms with van der Waals surface area (Å²) in [6.07, 6.45) is 0.873. The Labute approximate surface area is 243 Å². The molecule has 0 spiro atoms. The predicted octanol–water partition coefficient (Wildman–Crippen LogP) is 5.61. The van der Waals surface area contributed by atoms with Crippen molar-refractivity contribution in [2.45, 2.75) is 63.9 Å². The van der Waals surface area contributed by atoms with Gasteiger partial charge in [0.2, 0.25) is 11.8 Å². The zero-order valence-corrected chi connectivity index (χ0v) is 25.3. The van der Waals surface area contributed by atoms with Gasteiger partial charge in [-0.1, -0.05) is 73.1 Å². The minimum atomic E-state index is -4.13. The predicted molar refractivity (Wildman–Crippen MR) is 161 cm³/mol. The molecule has 214 valence electrons. The molecule has 3 rings (SSSR count). The van der Waals surface area contributed by atoms with Crippen LogP contribution in [0.2, 0.25) is 5.02 Å². The molecule has 40 heavy (non-hydrogen) atoms. The van der Waals surface area contributed by atoms with Gasteiger partial charge >= 0.3 is 0 Å². The number of amides is 2. The van der Waals surface area contributed by atoms with Gasteiger partial charge in [-0.15, -0.1) is 0 Å². The normalized spacial score (nSPS) is 12.4. The van der Waals surface area contributed by atoms with Crippen LogP contribution < -0.4 is 9.62 Å². The summed E-state index contributed by atoms with van der Waals surface area (Å²) in [5.41, 5.74) is 1.55. The van der Waals surface area contributed by atoms with Crippen molar-refractivity contribution in [1.82, 2.24) is 10.2 Å². The van der Waals surface area contributed by atoms with E-state index in [9.17, 15) is 18.0 Å². The quantitative estimate of drug-likeness (QED) is 0.318. The van der Waals surface area contributed by atoms with E-state index < -0.39 is 34.1 Å². The number of hydrogen-bond donors (Lipinski definition) is 1. The molecule has 9 heteroatoms. The fraction of sp³-hybridized carbons (Fsp3) is 0.355. The Bertz CT molecular complexity index is 1410. The molecule has 0 aliphatic rings. The summed E-state index contributed by atoms with van der Waals surface area (Å²) >= 11 is 6.38. The molecule has 0 aromatic heterocycles. The van der Waals surface area contributed by atoms with E-state index in [1.165, 1.54) is 17.0 Å². The van der Waals surface area contributed by atoms with E-state index in [-0.39, 0.29) is 23.0 Å². The van der Waals surface area contributed by atoms with Gasteiger partial charge in [0.1, 0.15) is 12.6 Å². The maximum atomic E-state index is 14.1. The van der Waals surface area contributed by atoms with Gasteiger partial charge in [0.25, 0.3) is 10.0 Å². The second-order valence-corrected chi connectivity index (χ2v) is 13.0. The van der Waals surface area contributed by atoms with Crippen LogP contribution in [0.25, 0.3) is 0 Å². The van der Waals surface area contributed by atoms with Crippen LogP contribution in [0.4, 0.5) is 5.69 Å². The average Bonchev–Trinajstić information content (AvgIpc) is 2.91. The summed E-state index contributed by atoms with van der Waals surface area (Å²) in [7, 11) is -4.13. The molecule has 3 aromatic rings. The molecule has 0 radical (unpaired) electrons. The van der Waals surface area contributed by atoms with Gasteiger partial charge in [-0.2, -0.15) is 0 Å². The molecule has 0 fully saturated rings. The van der Waals surface area contributed by atoms with Gasteiger partial charge in [-0.05, 0) is 75.9 Å². The van der Waals surface area contributed by atoms with Crippen molar-refractivity contribution in [2.24, 2.45) is 0 Å². The van der Waals surface area contributed by atoms with Gasteiger partial charge in [0.05, 0.1) is 10.6 Å². The summed E-state index contributed by atoms with van der Waals surface area (Å²) in [5.74, 6) is -0.768. The van der Waals surface area contributed by atoms with Crippen LogP contribution in [0.3, 0.4) is 0 Å². The lowest BCUT2D eigenvalue weighted by molar-refractivity contribution is -0.140. The lowest BCUT2D eigenvalue weighted by Gasteiger charge is -2.34. The molecule has 0 aliphatic carbocycles. The number of hydrogen-bond acceptors (Lipinski definition) is 4. The number of carbonyl (C=O) groups is 2. The Morgan fingerprint density at radius 1 is 0.950 bits per heavy atom. The van der Waals surface area contributed by atoms with E-state index in [0.717, 1.165) is 15.4 Å². The molecule has 0 bridgehead atoms. The van der Waals surface area contributed by atoms with Crippen molar-refractivity contribution in [3.05, 3.63) is 95.0 Å². The summed E-state index contributed by atoms with van der Waals surface area (Å²) in [6.45, 7) is 9.04. The molecule has 0 saturated heterocycles. The fourth-order valence-electron chi connectivity index (χ4n) is 4.33. The lowest BCUT2D eigenvalue weighted by Crippen LogP contribution is -2.56. The summed E-state index contributed by atoms with van der Waals surface area (Å²) in [4.78, 5) is 29.0. The Morgan fingerprint density at radius 3 is 2.10 bits per heavy atom. The molecule has 3 aromatic carbocycles. The van der Waals surface area contributed by atoms with Crippen molar-refractivity contribution < 1.29 is 18.0 Å². The number of rotatable bonds is 11. The van der Waals surface area contributed by atoms with Gasteiger partial charge in [-0.3, -0.25) is 13.9 Å². The maximum absolute atomic E-state index is 14.1. The highest BCUT2D eigenvalue weighted by atomic mass is 35.5. The molecule has 2 amide bonds. The first-order chi connectivity index (χ1) is 18.8. The molecule has 1 atom stereocenters.